The van der Waals surface area contributed by atoms with Crippen LogP contribution in [0.15, 0.2) is 5.38 Å². The molecular formula is C14H24N2O2S. The van der Waals surface area contributed by atoms with Gasteiger partial charge in [-0.05, 0) is 26.7 Å². The number of nitrogens with zero attached hydrogens (tertiary/aromatic N) is 2. The van der Waals surface area contributed by atoms with Crippen LogP contribution in [-0.2, 0) is 14.9 Å². The second kappa shape index (κ2) is 6.37. The lowest BCUT2D eigenvalue weighted by Crippen LogP contribution is -2.31. The Balaban J connectivity index is 2.86. The maximum Gasteiger partial charge on any atom is 0.317 e. The van der Waals surface area contributed by atoms with Gasteiger partial charge in [-0.2, -0.15) is 0 Å². The van der Waals surface area contributed by atoms with Crippen LogP contribution in [0.3, 0.4) is 0 Å². The molecule has 1 rings (SSSR count). The van der Waals surface area contributed by atoms with Crippen LogP contribution < -0.4 is 4.90 Å². The van der Waals surface area contributed by atoms with E-state index in [9.17, 15) is 4.79 Å². The Morgan fingerprint density at radius 1 is 1.53 bits per heavy atom. The maximum atomic E-state index is 12.0. The van der Waals surface area contributed by atoms with Crippen molar-refractivity contribution in [2.75, 3.05) is 25.1 Å². The molecule has 5 heteroatoms. The third kappa shape index (κ3) is 3.93. The predicted octanol–water partition coefficient (Wildman–Crippen LogP) is 3.08. The van der Waals surface area contributed by atoms with Gasteiger partial charge in [0.2, 0.25) is 0 Å². The van der Waals surface area contributed by atoms with E-state index in [-0.39, 0.29) is 5.97 Å². The summed E-state index contributed by atoms with van der Waals surface area (Å²) in [6.07, 6.45) is 0. The van der Waals surface area contributed by atoms with E-state index < -0.39 is 5.41 Å². The van der Waals surface area contributed by atoms with Gasteiger partial charge in [0.05, 0.1) is 12.3 Å². The summed E-state index contributed by atoms with van der Waals surface area (Å²) in [6.45, 7) is 11.2. The van der Waals surface area contributed by atoms with Gasteiger partial charge in [0, 0.05) is 19.0 Å². The highest BCUT2D eigenvalue weighted by atomic mass is 32.1. The van der Waals surface area contributed by atoms with Gasteiger partial charge < -0.3 is 9.64 Å². The minimum Gasteiger partial charge on any atom is -0.465 e. The first-order chi connectivity index (χ1) is 8.78. The average Bonchev–Trinajstić information content (AvgIpc) is 2.78. The Labute approximate surface area is 119 Å². The normalized spacial score (nSPS) is 11.7. The van der Waals surface area contributed by atoms with Crippen molar-refractivity contribution in [3.63, 3.8) is 0 Å². The molecule has 19 heavy (non-hydrogen) atoms. The zero-order chi connectivity index (χ0) is 14.6. The summed E-state index contributed by atoms with van der Waals surface area (Å²) in [7, 11) is 2.03. The van der Waals surface area contributed by atoms with Gasteiger partial charge >= 0.3 is 5.97 Å². The summed E-state index contributed by atoms with van der Waals surface area (Å²) in [5.74, 6) is 0.355. The van der Waals surface area contributed by atoms with Crippen molar-refractivity contribution < 1.29 is 9.53 Å². The molecule has 108 valence electrons. The minimum absolute atomic E-state index is 0.224. The lowest BCUT2D eigenvalue weighted by atomic mass is 9.90. The number of carbonyl (C=O) groups is 1. The average molecular weight is 284 g/mol. The summed E-state index contributed by atoms with van der Waals surface area (Å²) < 4.78 is 5.11. The van der Waals surface area contributed by atoms with Gasteiger partial charge in [0.15, 0.2) is 5.13 Å². The fraction of sp³-hybridized carbons (Fsp3) is 0.714. The number of thiazole rings is 1. The van der Waals surface area contributed by atoms with Crippen LogP contribution in [0, 0.1) is 5.92 Å². The van der Waals surface area contributed by atoms with E-state index in [1.807, 2.05) is 33.2 Å². The fourth-order valence-corrected chi connectivity index (χ4v) is 2.74. The Morgan fingerprint density at radius 3 is 2.68 bits per heavy atom. The highest BCUT2D eigenvalue weighted by Gasteiger charge is 2.34. The standard InChI is InChI=1S/C14H24N2O2S/c1-7-18-12(17)14(4,5)11-9-19-13(15-11)16(6)8-10(2)3/h9-10H,7-8H2,1-6H3. The summed E-state index contributed by atoms with van der Waals surface area (Å²) in [5.41, 5.74) is 0.0882. The summed E-state index contributed by atoms with van der Waals surface area (Å²) in [6, 6.07) is 0. The smallest absolute Gasteiger partial charge is 0.317 e. The van der Waals surface area contributed by atoms with E-state index in [2.05, 4.69) is 23.7 Å². The molecule has 0 aliphatic heterocycles. The van der Waals surface area contributed by atoms with Crippen LogP contribution in [0.5, 0.6) is 0 Å². The van der Waals surface area contributed by atoms with Crippen LogP contribution in [-0.4, -0.2) is 31.2 Å². The van der Waals surface area contributed by atoms with Gasteiger partial charge in [-0.25, -0.2) is 4.98 Å². The lowest BCUT2D eigenvalue weighted by molar-refractivity contribution is -0.148. The van der Waals surface area contributed by atoms with E-state index >= 15 is 0 Å². The first-order valence-corrected chi connectivity index (χ1v) is 7.51. The molecule has 0 fully saturated rings. The minimum atomic E-state index is -0.691. The third-order valence-corrected chi connectivity index (χ3v) is 3.84. The molecule has 0 saturated carbocycles. The SMILES string of the molecule is CCOC(=O)C(C)(C)c1csc(N(C)CC(C)C)n1. The van der Waals surface area contributed by atoms with Crippen molar-refractivity contribution in [1.82, 2.24) is 4.98 Å². The number of anilines is 1. The molecule has 0 atom stereocenters. The Morgan fingerprint density at radius 2 is 2.16 bits per heavy atom. The second-order valence-corrected chi connectivity index (χ2v) is 6.47. The number of aromatic nitrogens is 1. The summed E-state index contributed by atoms with van der Waals surface area (Å²) in [4.78, 5) is 18.7. The van der Waals surface area contributed by atoms with Crippen molar-refractivity contribution in [3.8, 4) is 0 Å². The quantitative estimate of drug-likeness (QED) is 0.753. The van der Waals surface area contributed by atoms with E-state index in [1.165, 1.54) is 0 Å². The molecule has 0 aliphatic rings. The molecule has 1 aromatic rings. The molecule has 0 saturated heterocycles. The Bertz CT molecular complexity index is 427. The Hall–Kier alpha value is -1.10. The number of carbonyl (C=O) groups excluding carboxylic acids is 1. The van der Waals surface area contributed by atoms with Gasteiger partial charge in [-0.3, -0.25) is 4.79 Å². The molecule has 0 unspecified atom stereocenters. The van der Waals surface area contributed by atoms with Gasteiger partial charge in [-0.1, -0.05) is 13.8 Å². The molecule has 1 aromatic heterocycles. The van der Waals surface area contributed by atoms with Crippen LogP contribution in [0.1, 0.15) is 40.3 Å². The molecule has 4 nitrogen and oxygen atoms in total. The number of hydrogen-bond donors (Lipinski definition) is 0. The molecule has 0 bridgehead atoms. The highest BCUT2D eigenvalue weighted by molar-refractivity contribution is 7.13. The van der Waals surface area contributed by atoms with E-state index in [1.54, 1.807) is 11.3 Å². The maximum absolute atomic E-state index is 12.0. The van der Waals surface area contributed by atoms with Crippen molar-refractivity contribution in [2.24, 2.45) is 5.92 Å². The van der Waals surface area contributed by atoms with E-state index in [0.29, 0.717) is 12.5 Å². The van der Waals surface area contributed by atoms with Crippen molar-refractivity contribution >= 4 is 22.4 Å². The Kier molecular flexibility index (Phi) is 5.35. The number of hydrogen-bond acceptors (Lipinski definition) is 5. The highest BCUT2D eigenvalue weighted by Crippen LogP contribution is 2.29. The van der Waals surface area contributed by atoms with Crippen LogP contribution in [0.2, 0.25) is 0 Å². The fourth-order valence-electron chi connectivity index (χ4n) is 1.77. The number of ether oxygens (including phenoxy) is 1. The summed E-state index contributed by atoms with van der Waals surface area (Å²) >= 11 is 1.57. The predicted molar refractivity (Wildman–Crippen MR) is 79.9 cm³/mol. The topological polar surface area (TPSA) is 42.4 Å². The van der Waals surface area contributed by atoms with Crippen LogP contribution in [0.4, 0.5) is 5.13 Å². The first kappa shape index (κ1) is 16.0. The van der Waals surface area contributed by atoms with Gasteiger partial charge in [0.25, 0.3) is 0 Å². The molecule has 0 aromatic carbocycles. The van der Waals surface area contributed by atoms with E-state index in [0.717, 1.165) is 17.4 Å². The lowest BCUT2D eigenvalue weighted by Gasteiger charge is -2.21. The third-order valence-electron chi connectivity index (χ3n) is 2.88. The van der Waals surface area contributed by atoms with Crippen molar-refractivity contribution in [1.29, 1.82) is 0 Å². The van der Waals surface area contributed by atoms with E-state index in [4.69, 9.17) is 4.74 Å². The summed E-state index contributed by atoms with van der Waals surface area (Å²) in [5, 5.41) is 2.89. The molecule has 0 aliphatic carbocycles. The van der Waals surface area contributed by atoms with Gasteiger partial charge in [0.1, 0.15) is 5.41 Å². The number of esters is 1. The van der Waals surface area contributed by atoms with Crippen molar-refractivity contribution in [3.05, 3.63) is 11.1 Å². The number of rotatable bonds is 6. The zero-order valence-corrected chi connectivity index (χ0v) is 13.5. The zero-order valence-electron chi connectivity index (χ0n) is 12.7. The van der Waals surface area contributed by atoms with Gasteiger partial charge in [-0.15, -0.1) is 11.3 Å². The molecule has 0 N–H and O–H groups in total. The molecule has 0 spiro atoms. The van der Waals surface area contributed by atoms with Crippen LogP contribution in [0.25, 0.3) is 0 Å². The second-order valence-electron chi connectivity index (χ2n) is 5.64. The monoisotopic (exact) mass is 284 g/mol. The van der Waals surface area contributed by atoms with Crippen molar-refractivity contribution in [2.45, 2.75) is 40.0 Å². The molecule has 0 radical (unpaired) electrons. The molecule has 1 heterocycles. The van der Waals surface area contributed by atoms with Crippen LogP contribution >= 0.6 is 11.3 Å². The molecular weight excluding hydrogens is 260 g/mol. The largest absolute Gasteiger partial charge is 0.465 e. The first-order valence-electron chi connectivity index (χ1n) is 6.63. The molecule has 0 amide bonds.